The van der Waals surface area contributed by atoms with E-state index in [9.17, 15) is 4.39 Å². The molecule has 0 aliphatic carbocycles. The zero-order chi connectivity index (χ0) is 20.9. The van der Waals surface area contributed by atoms with Crippen LogP contribution in [0.25, 0.3) is 11.5 Å². The number of rotatable bonds is 8. The van der Waals surface area contributed by atoms with Crippen LogP contribution in [0.4, 0.5) is 4.39 Å². The van der Waals surface area contributed by atoms with Crippen molar-refractivity contribution in [2.45, 2.75) is 17.5 Å². The van der Waals surface area contributed by atoms with Gasteiger partial charge < -0.3 is 19.7 Å². The lowest BCUT2D eigenvalue weighted by molar-refractivity contribution is 0.289. The molecule has 0 aliphatic rings. The molecule has 0 radical (unpaired) electrons. The molecule has 154 valence electrons. The van der Waals surface area contributed by atoms with Gasteiger partial charge in [0, 0.05) is 17.4 Å². The number of hydrogen-bond donors (Lipinski definition) is 1. The van der Waals surface area contributed by atoms with E-state index in [4.69, 9.17) is 19.7 Å². The van der Waals surface area contributed by atoms with Gasteiger partial charge in [-0.25, -0.2) is 14.1 Å². The van der Waals surface area contributed by atoms with Crippen molar-refractivity contribution in [1.29, 1.82) is 0 Å². The van der Waals surface area contributed by atoms with Crippen molar-refractivity contribution in [3.8, 4) is 23.0 Å². The van der Waals surface area contributed by atoms with Crippen LogP contribution in [-0.2, 0) is 12.4 Å². The third kappa shape index (κ3) is 4.54. The summed E-state index contributed by atoms with van der Waals surface area (Å²) in [4.78, 5) is 4.41. The summed E-state index contributed by atoms with van der Waals surface area (Å²) in [5.74, 6) is 8.50. The van der Waals surface area contributed by atoms with Crippen molar-refractivity contribution in [3.63, 3.8) is 0 Å². The Morgan fingerprint density at radius 3 is 2.73 bits per heavy atom. The van der Waals surface area contributed by atoms with Crippen molar-refractivity contribution in [1.82, 2.24) is 19.9 Å². The molecular weight excluding hydrogens is 409 g/mol. The van der Waals surface area contributed by atoms with Crippen LogP contribution in [0.1, 0.15) is 11.5 Å². The van der Waals surface area contributed by atoms with Crippen molar-refractivity contribution in [3.05, 3.63) is 72.1 Å². The number of ether oxygens (including phenoxy) is 2. The summed E-state index contributed by atoms with van der Waals surface area (Å²) in [6.45, 7) is 0.163. The maximum Gasteiger partial charge on any atom is 0.226 e. The monoisotopic (exact) mass is 427 g/mol. The number of aromatic nitrogens is 4. The van der Waals surface area contributed by atoms with E-state index in [0.717, 1.165) is 0 Å². The first kappa shape index (κ1) is 19.8. The van der Waals surface area contributed by atoms with Crippen LogP contribution < -0.4 is 15.3 Å². The number of benzene rings is 2. The predicted molar refractivity (Wildman–Crippen MR) is 109 cm³/mol. The third-order valence-electron chi connectivity index (χ3n) is 4.14. The number of nitrogens with zero attached hydrogens (tertiary/aromatic N) is 4. The van der Waals surface area contributed by atoms with E-state index >= 15 is 0 Å². The molecule has 10 heteroatoms. The van der Waals surface area contributed by atoms with E-state index in [2.05, 4.69) is 15.2 Å². The normalized spacial score (nSPS) is 10.9. The second-order valence-electron chi connectivity index (χ2n) is 6.18. The summed E-state index contributed by atoms with van der Waals surface area (Å²) in [6.07, 6.45) is 1.55. The van der Waals surface area contributed by atoms with Crippen molar-refractivity contribution in [2.24, 2.45) is 0 Å². The van der Waals surface area contributed by atoms with Crippen LogP contribution >= 0.6 is 11.8 Å². The van der Waals surface area contributed by atoms with Crippen LogP contribution in [-0.4, -0.2) is 27.0 Å². The molecule has 0 unspecified atom stereocenters. The number of methoxy groups -OCH3 is 1. The molecule has 2 N–H and O–H groups in total. The Kier molecular flexibility index (Phi) is 5.84. The number of nitrogen functional groups attached to an aromatic ring is 1. The van der Waals surface area contributed by atoms with Gasteiger partial charge in [0.15, 0.2) is 5.82 Å². The summed E-state index contributed by atoms with van der Waals surface area (Å²) in [5.41, 5.74) is 1.41. The van der Waals surface area contributed by atoms with Crippen LogP contribution in [0.15, 0.2) is 64.4 Å². The summed E-state index contributed by atoms with van der Waals surface area (Å²) < 4.78 is 30.8. The van der Waals surface area contributed by atoms with Gasteiger partial charge in [0.2, 0.25) is 11.0 Å². The Morgan fingerprint density at radius 2 is 1.93 bits per heavy atom. The molecule has 0 atom stereocenters. The minimum absolute atomic E-state index is 0.163. The van der Waals surface area contributed by atoms with Crippen LogP contribution in [0.3, 0.4) is 0 Å². The first-order chi connectivity index (χ1) is 14.6. The van der Waals surface area contributed by atoms with Gasteiger partial charge in [-0.2, -0.15) is 0 Å². The Bertz CT molecular complexity index is 1130. The molecule has 2 aromatic heterocycles. The summed E-state index contributed by atoms with van der Waals surface area (Å²) >= 11 is 1.37. The highest BCUT2D eigenvalue weighted by Gasteiger charge is 2.13. The second-order valence-corrected chi connectivity index (χ2v) is 7.12. The minimum Gasteiger partial charge on any atom is -0.497 e. The molecule has 0 aliphatic heterocycles. The maximum atomic E-state index is 13.0. The molecule has 0 saturated heterocycles. The van der Waals surface area contributed by atoms with Crippen LogP contribution in [0.2, 0.25) is 0 Å². The van der Waals surface area contributed by atoms with Gasteiger partial charge in [0.1, 0.15) is 30.2 Å². The van der Waals surface area contributed by atoms with E-state index in [1.54, 1.807) is 31.6 Å². The number of nitrogens with two attached hydrogens (primary N) is 1. The lowest BCUT2D eigenvalue weighted by atomic mass is 10.2. The molecule has 4 aromatic rings. The van der Waals surface area contributed by atoms with Gasteiger partial charge >= 0.3 is 0 Å². The maximum absolute atomic E-state index is 13.0. The summed E-state index contributed by atoms with van der Waals surface area (Å²) in [6, 6.07) is 13.2. The topological polar surface area (TPSA) is 101 Å². The van der Waals surface area contributed by atoms with Gasteiger partial charge in [-0.3, -0.25) is 0 Å². The third-order valence-corrected chi connectivity index (χ3v) is 5.11. The minimum atomic E-state index is -0.311. The predicted octanol–water partition coefficient (Wildman–Crippen LogP) is 3.67. The Balaban J connectivity index is 1.36. The van der Waals surface area contributed by atoms with Gasteiger partial charge in [0.05, 0.1) is 12.8 Å². The van der Waals surface area contributed by atoms with Crippen LogP contribution in [0, 0.1) is 5.82 Å². The summed E-state index contributed by atoms with van der Waals surface area (Å²) in [5, 5.41) is 8.69. The van der Waals surface area contributed by atoms with Gasteiger partial charge in [-0.1, -0.05) is 17.8 Å². The molecule has 0 saturated carbocycles. The molecule has 0 amide bonds. The number of oxazole rings is 1. The molecule has 0 spiro atoms. The lowest BCUT2D eigenvalue weighted by Gasteiger charge is -2.07. The molecule has 2 heterocycles. The highest BCUT2D eigenvalue weighted by molar-refractivity contribution is 7.98. The first-order valence-corrected chi connectivity index (χ1v) is 9.90. The smallest absolute Gasteiger partial charge is 0.226 e. The fourth-order valence-corrected chi connectivity index (χ4v) is 3.33. The number of hydrogen-bond acceptors (Lipinski definition) is 8. The average Bonchev–Trinajstić information content (AvgIpc) is 3.38. The first-order valence-electron chi connectivity index (χ1n) is 8.92. The van der Waals surface area contributed by atoms with E-state index < -0.39 is 0 Å². The van der Waals surface area contributed by atoms with Crippen molar-refractivity contribution in [2.75, 3.05) is 13.0 Å². The Labute approximate surface area is 175 Å². The molecule has 0 fully saturated rings. The molecule has 8 nitrogen and oxygen atoms in total. The quantitative estimate of drug-likeness (QED) is 0.336. The van der Waals surface area contributed by atoms with Gasteiger partial charge in [0.25, 0.3) is 0 Å². The van der Waals surface area contributed by atoms with Crippen molar-refractivity contribution >= 4 is 11.8 Å². The lowest BCUT2D eigenvalue weighted by Crippen LogP contribution is -2.15. The SMILES string of the molecule is COc1cccc(OCc2nnc(SCc3coc(-c4ccc(F)cc4)n3)n2N)c1. The van der Waals surface area contributed by atoms with E-state index in [0.29, 0.717) is 45.4 Å². The molecule has 0 bridgehead atoms. The Hall–Kier alpha value is -3.53. The molecule has 4 rings (SSSR count). The summed E-state index contributed by atoms with van der Waals surface area (Å²) in [7, 11) is 1.59. The van der Waals surface area contributed by atoms with Crippen molar-refractivity contribution < 1.29 is 18.3 Å². The number of halogens is 1. The largest absolute Gasteiger partial charge is 0.497 e. The second kappa shape index (κ2) is 8.87. The average molecular weight is 427 g/mol. The standard InChI is InChI=1S/C20H18FN5O3S/c1-27-16-3-2-4-17(9-16)28-11-18-24-25-20(26(18)22)30-12-15-10-29-19(23-15)13-5-7-14(21)8-6-13/h2-10H,11-12,22H2,1H3. The zero-order valence-corrected chi connectivity index (χ0v) is 16.8. The fraction of sp³-hybridized carbons (Fsp3) is 0.150. The van der Waals surface area contributed by atoms with Gasteiger partial charge in [-0.15, -0.1) is 10.2 Å². The fourth-order valence-electron chi connectivity index (χ4n) is 2.58. The number of thioether (sulfide) groups is 1. The Morgan fingerprint density at radius 1 is 1.13 bits per heavy atom. The molecule has 2 aromatic carbocycles. The van der Waals surface area contributed by atoms with E-state index in [-0.39, 0.29) is 12.4 Å². The highest BCUT2D eigenvalue weighted by atomic mass is 32.2. The highest BCUT2D eigenvalue weighted by Crippen LogP contribution is 2.24. The van der Waals surface area contributed by atoms with E-state index in [1.165, 1.54) is 28.6 Å². The molecule has 30 heavy (non-hydrogen) atoms. The molecular formula is C20H18FN5O3S. The zero-order valence-electron chi connectivity index (χ0n) is 16.0. The van der Waals surface area contributed by atoms with E-state index in [1.807, 2.05) is 18.2 Å². The van der Waals surface area contributed by atoms with Crippen LogP contribution in [0.5, 0.6) is 11.5 Å². The van der Waals surface area contributed by atoms with Gasteiger partial charge in [-0.05, 0) is 36.4 Å².